The molecule has 2 heterocycles. The fourth-order valence-electron chi connectivity index (χ4n) is 3.68. The molecule has 4 aromatic rings. The van der Waals surface area contributed by atoms with Gasteiger partial charge in [0, 0.05) is 43.9 Å². The summed E-state index contributed by atoms with van der Waals surface area (Å²) in [5, 5.41) is 16.4. The maximum absolute atomic E-state index is 13.2. The SMILES string of the molecule is C[Si](C)(C)CCOCn1cc(-c2cccc(C(=O)Nc3nc(CC(=O)O)cn3-c3ccccc3)c2)cn1. The minimum absolute atomic E-state index is 0.246. The van der Waals surface area contributed by atoms with Crippen LogP contribution in [0, 0.1) is 0 Å². The number of hydrogen-bond donors (Lipinski definition) is 2. The van der Waals surface area contributed by atoms with E-state index in [-0.39, 0.29) is 18.3 Å². The summed E-state index contributed by atoms with van der Waals surface area (Å²) in [7, 11) is -1.14. The Morgan fingerprint density at radius 3 is 2.54 bits per heavy atom. The summed E-state index contributed by atoms with van der Waals surface area (Å²) in [6, 6.07) is 17.6. The molecular weight excluding hydrogens is 486 g/mol. The molecule has 9 nitrogen and oxygen atoms in total. The van der Waals surface area contributed by atoms with Crippen LogP contribution < -0.4 is 5.32 Å². The summed E-state index contributed by atoms with van der Waals surface area (Å²) in [4.78, 5) is 28.7. The average Bonchev–Trinajstić information content (AvgIpc) is 3.49. The first kappa shape index (κ1) is 26.1. The molecule has 0 saturated heterocycles. The molecule has 0 unspecified atom stereocenters. The van der Waals surface area contributed by atoms with Crippen LogP contribution in [0.1, 0.15) is 16.1 Å². The van der Waals surface area contributed by atoms with Crippen LogP contribution in [-0.4, -0.2) is 51.0 Å². The monoisotopic (exact) mass is 517 g/mol. The number of carbonyl (C=O) groups excluding carboxylic acids is 1. The Hall–Kier alpha value is -4.02. The summed E-state index contributed by atoms with van der Waals surface area (Å²) in [5.41, 5.74) is 3.27. The van der Waals surface area contributed by atoms with Gasteiger partial charge in [-0.2, -0.15) is 5.10 Å². The van der Waals surface area contributed by atoms with Crippen molar-refractivity contribution in [3.63, 3.8) is 0 Å². The second-order valence-corrected chi connectivity index (χ2v) is 15.6. The van der Waals surface area contributed by atoms with Crippen LogP contribution >= 0.6 is 0 Å². The van der Waals surface area contributed by atoms with Gasteiger partial charge in [-0.1, -0.05) is 50.0 Å². The van der Waals surface area contributed by atoms with Gasteiger partial charge in [-0.15, -0.1) is 0 Å². The third-order valence-electron chi connectivity index (χ3n) is 5.66. The summed E-state index contributed by atoms with van der Waals surface area (Å²) in [6.45, 7) is 8.04. The van der Waals surface area contributed by atoms with Crippen molar-refractivity contribution in [2.75, 3.05) is 11.9 Å². The second kappa shape index (κ2) is 11.4. The summed E-state index contributed by atoms with van der Waals surface area (Å²) in [6.07, 6.45) is 5.02. The van der Waals surface area contributed by atoms with Crippen LogP contribution in [0.15, 0.2) is 73.2 Å². The van der Waals surface area contributed by atoms with Crippen molar-refractivity contribution >= 4 is 25.9 Å². The Labute approximate surface area is 216 Å². The van der Waals surface area contributed by atoms with Crippen molar-refractivity contribution in [1.29, 1.82) is 0 Å². The second-order valence-electron chi connectivity index (χ2n) is 9.98. The van der Waals surface area contributed by atoms with Gasteiger partial charge < -0.3 is 9.84 Å². The lowest BCUT2D eigenvalue weighted by Gasteiger charge is -2.15. The van der Waals surface area contributed by atoms with E-state index in [1.807, 2.05) is 48.7 Å². The van der Waals surface area contributed by atoms with E-state index in [1.165, 1.54) is 0 Å². The zero-order chi connectivity index (χ0) is 26.4. The van der Waals surface area contributed by atoms with Crippen LogP contribution in [-0.2, 0) is 22.7 Å². The predicted octanol–water partition coefficient (Wildman–Crippen LogP) is 4.93. The Balaban J connectivity index is 1.48. The fourth-order valence-corrected chi connectivity index (χ4v) is 4.43. The number of nitrogens with zero attached hydrogens (tertiary/aromatic N) is 4. The number of ether oxygens (including phenoxy) is 1. The summed E-state index contributed by atoms with van der Waals surface area (Å²) in [5.74, 6) is -1.10. The number of amides is 1. The number of aliphatic carboxylic acids is 1. The number of carbonyl (C=O) groups is 2. The predicted molar refractivity (Wildman–Crippen MR) is 145 cm³/mol. The lowest BCUT2D eigenvalue weighted by atomic mass is 10.1. The maximum Gasteiger partial charge on any atom is 0.309 e. The Kier molecular flexibility index (Phi) is 8.00. The molecule has 2 aromatic heterocycles. The van der Waals surface area contributed by atoms with E-state index in [0.717, 1.165) is 22.9 Å². The van der Waals surface area contributed by atoms with Gasteiger partial charge in [0.15, 0.2) is 0 Å². The first-order valence-electron chi connectivity index (χ1n) is 12.1. The van der Waals surface area contributed by atoms with Gasteiger partial charge in [-0.3, -0.25) is 19.5 Å². The third-order valence-corrected chi connectivity index (χ3v) is 7.36. The van der Waals surface area contributed by atoms with Crippen LogP contribution in [0.2, 0.25) is 25.7 Å². The highest BCUT2D eigenvalue weighted by Crippen LogP contribution is 2.22. The molecule has 0 aliphatic heterocycles. The van der Waals surface area contributed by atoms with E-state index < -0.39 is 14.0 Å². The molecule has 0 atom stereocenters. The van der Waals surface area contributed by atoms with Crippen molar-refractivity contribution in [1.82, 2.24) is 19.3 Å². The van der Waals surface area contributed by atoms with Gasteiger partial charge in [0.25, 0.3) is 5.91 Å². The van der Waals surface area contributed by atoms with E-state index in [9.17, 15) is 14.7 Å². The molecule has 2 N–H and O–H groups in total. The topological polar surface area (TPSA) is 111 Å². The molecule has 0 aliphatic rings. The zero-order valence-electron chi connectivity index (χ0n) is 21.2. The highest BCUT2D eigenvalue weighted by molar-refractivity contribution is 6.76. The number of hydrogen-bond acceptors (Lipinski definition) is 5. The molecule has 2 aromatic carbocycles. The molecule has 0 aliphatic carbocycles. The summed E-state index contributed by atoms with van der Waals surface area (Å²) < 4.78 is 9.19. The lowest BCUT2D eigenvalue weighted by Crippen LogP contribution is -2.22. The van der Waals surface area contributed by atoms with Gasteiger partial charge in [0.05, 0.1) is 18.3 Å². The maximum atomic E-state index is 13.2. The number of benzene rings is 2. The highest BCUT2D eigenvalue weighted by atomic mass is 28.3. The molecule has 192 valence electrons. The number of rotatable bonds is 11. The average molecular weight is 518 g/mol. The van der Waals surface area contributed by atoms with Gasteiger partial charge in [-0.05, 0) is 35.9 Å². The van der Waals surface area contributed by atoms with Crippen molar-refractivity contribution in [3.05, 3.63) is 84.4 Å². The van der Waals surface area contributed by atoms with Crippen LogP contribution in [0.3, 0.4) is 0 Å². The first-order valence-corrected chi connectivity index (χ1v) is 15.8. The molecular formula is C27H31N5O4Si. The van der Waals surface area contributed by atoms with Crippen molar-refractivity contribution in [2.24, 2.45) is 0 Å². The minimum Gasteiger partial charge on any atom is -0.481 e. The van der Waals surface area contributed by atoms with Crippen molar-refractivity contribution in [3.8, 4) is 16.8 Å². The Morgan fingerprint density at radius 1 is 1.03 bits per heavy atom. The molecule has 0 spiro atoms. The normalized spacial score (nSPS) is 11.4. The summed E-state index contributed by atoms with van der Waals surface area (Å²) >= 11 is 0. The number of imidazole rings is 1. The van der Waals surface area contributed by atoms with Crippen molar-refractivity contribution < 1.29 is 19.4 Å². The van der Waals surface area contributed by atoms with Gasteiger partial charge in [0.1, 0.15) is 6.73 Å². The molecule has 4 rings (SSSR count). The standard InChI is InChI=1S/C27H31N5O4Si/c1-37(2,3)13-12-36-19-31-17-22(16-28-31)20-8-7-9-21(14-20)26(35)30-27-29-23(15-25(33)34)18-32(27)24-10-5-4-6-11-24/h4-11,14,16-18H,12-13,15,19H2,1-3H3,(H,33,34)(H,29,30,35). The van der Waals surface area contributed by atoms with Crippen LogP contribution in [0.4, 0.5) is 5.95 Å². The van der Waals surface area contributed by atoms with Crippen molar-refractivity contribution in [2.45, 2.75) is 38.8 Å². The quantitative estimate of drug-likeness (QED) is 0.216. The number of carboxylic acids is 1. The van der Waals surface area contributed by atoms with Gasteiger partial charge in [-0.25, -0.2) is 9.67 Å². The molecule has 0 saturated carbocycles. The Morgan fingerprint density at radius 2 is 1.81 bits per heavy atom. The van der Waals surface area contributed by atoms with Crippen LogP contribution in [0.25, 0.3) is 16.8 Å². The smallest absolute Gasteiger partial charge is 0.309 e. The van der Waals surface area contributed by atoms with Crippen LogP contribution in [0.5, 0.6) is 0 Å². The van der Waals surface area contributed by atoms with E-state index in [4.69, 9.17) is 4.74 Å². The molecule has 0 radical (unpaired) electrons. The molecule has 1 amide bonds. The van der Waals surface area contributed by atoms with E-state index in [2.05, 4.69) is 35.0 Å². The van der Waals surface area contributed by atoms with Gasteiger partial charge >= 0.3 is 5.97 Å². The van der Waals surface area contributed by atoms with Gasteiger partial charge in [0.2, 0.25) is 5.95 Å². The molecule has 37 heavy (non-hydrogen) atoms. The highest BCUT2D eigenvalue weighted by Gasteiger charge is 2.16. The lowest BCUT2D eigenvalue weighted by molar-refractivity contribution is -0.136. The zero-order valence-corrected chi connectivity index (χ0v) is 22.2. The third kappa shape index (κ3) is 7.25. The largest absolute Gasteiger partial charge is 0.481 e. The molecule has 10 heteroatoms. The van der Waals surface area contributed by atoms with E-state index in [0.29, 0.717) is 24.6 Å². The van der Waals surface area contributed by atoms with E-state index in [1.54, 1.807) is 33.8 Å². The first-order chi connectivity index (χ1) is 17.7. The molecule has 0 bridgehead atoms. The fraction of sp³-hybridized carbons (Fsp3) is 0.259. The number of carboxylic acid groups (broad SMARTS) is 1. The van der Waals surface area contributed by atoms with E-state index >= 15 is 0 Å². The number of para-hydroxylation sites is 1. The Bertz CT molecular complexity index is 1370. The number of aromatic nitrogens is 4. The number of anilines is 1. The minimum atomic E-state index is -1.14. The number of nitrogens with one attached hydrogen (secondary N) is 1. The molecule has 0 fully saturated rings.